The van der Waals surface area contributed by atoms with E-state index >= 15 is 0 Å². The van der Waals surface area contributed by atoms with Crippen molar-refractivity contribution in [1.29, 1.82) is 0 Å². The van der Waals surface area contributed by atoms with E-state index in [-0.39, 0.29) is 12.3 Å². The minimum atomic E-state index is -0.102. The third kappa shape index (κ3) is 13.9. The molecule has 21 heavy (non-hydrogen) atoms. The van der Waals surface area contributed by atoms with Gasteiger partial charge < -0.3 is 14.2 Å². The monoisotopic (exact) mass is 300 g/mol. The lowest BCUT2D eigenvalue weighted by Crippen LogP contribution is -2.16. The minimum absolute atomic E-state index is 0.101. The van der Waals surface area contributed by atoms with E-state index in [9.17, 15) is 4.79 Å². The number of rotatable bonds is 14. The molecule has 4 nitrogen and oxygen atoms in total. The molecule has 0 aromatic heterocycles. The quantitative estimate of drug-likeness (QED) is 0.208. The lowest BCUT2D eigenvalue weighted by Gasteiger charge is -2.14. The Kier molecular flexibility index (Phi) is 14.9. The molecule has 0 unspecified atom stereocenters. The van der Waals surface area contributed by atoms with Crippen molar-refractivity contribution in [2.45, 2.75) is 71.5 Å². The maximum atomic E-state index is 10.9. The van der Waals surface area contributed by atoms with Crippen LogP contribution in [0.2, 0.25) is 0 Å². The van der Waals surface area contributed by atoms with Gasteiger partial charge >= 0.3 is 5.97 Å². The Labute approximate surface area is 129 Å². The molecule has 4 heteroatoms. The lowest BCUT2D eigenvalue weighted by molar-refractivity contribution is -0.140. The van der Waals surface area contributed by atoms with Gasteiger partial charge in [-0.25, -0.2) is 0 Å². The number of allylic oxidation sites excluding steroid dienone is 1. The Balaban J connectivity index is 3.40. The smallest absolute Gasteiger partial charge is 0.305 e. The Hall–Kier alpha value is -0.870. The summed E-state index contributed by atoms with van der Waals surface area (Å²) < 4.78 is 15.6. The third-order valence-corrected chi connectivity index (χ3v) is 3.18. The molecule has 0 aromatic carbocycles. The van der Waals surface area contributed by atoms with E-state index in [0.717, 1.165) is 25.7 Å². The molecule has 0 fully saturated rings. The highest BCUT2D eigenvalue weighted by molar-refractivity contribution is 5.68. The molecule has 0 spiro atoms. The number of hydrogen-bond acceptors (Lipinski definition) is 4. The highest BCUT2D eigenvalue weighted by Gasteiger charge is 2.04. The molecule has 0 atom stereocenters. The first-order chi connectivity index (χ1) is 10.2. The molecule has 0 radical (unpaired) electrons. The van der Waals surface area contributed by atoms with Crippen LogP contribution in [0.5, 0.6) is 0 Å². The normalized spacial score (nSPS) is 11.4. The maximum Gasteiger partial charge on any atom is 0.305 e. The summed E-state index contributed by atoms with van der Waals surface area (Å²) in [6.07, 6.45) is 12.4. The molecule has 124 valence electrons. The van der Waals surface area contributed by atoms with Crippen LogP contribution >= 0.6 is 0 Å². The SMILES string of the molecule is CCOC(CC=CCCCCCCCC(=O)OC)OCC. The molecule has 0 N–H and O–H groups in total. The fourth-order valence-corrected chi connectivity index (χ4v) is 2.05. The summed E-state index contributed by atoms with van der Waals surface area (Å²) in [5.74, 6) is -0.101. The third-order valence-electron chi connectivity index (χ3n) is 3.18. The summed E-state index contributed by atoms with van der Waals surface area (Å²) in [5, 5.41) is 0. The second kappa shape index (κ2) is 15.5. The molecule has 0 aliphatic rings. The van der Waals surface area contributed by atoms with E-state index in [1.165, 1.54) is 26.4 Å². The van der Waals surface area contributed by atoms with E-state index in [1.54, 1.807) is 0 Å². The molecule has 0 aromatic rings. The summed E-state index contributed by atoms with van der Waals surface area (Å²) in [4.78, 5) is 10.9. The fraction of sp³-hybridized carbons (Fsp3) is 0.824. The summed E-state index contributed by atoms with van der Waals surface area (Å²) in [5.41, 5.74) is 0. The number of esters is 1. The topological polar surface area (TPSA) is 44.8 Å². The van der Waals surface area contributed by atoms with Gasteiger partial charge in [-0.05, 0) is 33.1 Å². The summed E-state index contributed by atoms with van der Waals surface area (Å²) in [6.45, 7) is 5.33. The first kappa shape index (κ1) is 20.1. The van der Waals surface area contributed by atoms with Crippen LogP contribution in [0.1, 0.15) is 65.2 Å². The second-order valence-corrected chi connectivity index (χ2v) is 4.93. The number of carbonyl (C=O) groups is 1. The van der Waals surface area contributed by atoms with Gasteiger partial charge in [0, 0.05) is 26.1 Å². The number of ether oxygens (including phenoxy) is 3. The van der Waals surface area contributed by atoms with Crippen molar-refractivity contribution in [2.75, 3.05) is 20.3 Å². The zero-order valence-corrected chi connectivity index (χ0v) is 13.9. The van der Waals surface area contributed by atoms with Crippen LogP contribution in [0.3, 0.4) is 0 Å². The van der Waals surface area contributed by atoms with Crippen LogP contribution in [0.25, 0.3) is 0 Å². The van der Waals surface area contributed by atoms with Gasteiger partial charge in [0.1, 0.15) is 0 Å². The predicted molar refractivity (Wildman–Crippen MR) is 85.1 cm³/mol. The Bertz CT molecular complexity index is 258. The van der Waals surface area contributed by atoms with Crippen molar-refractivity contribution < 1.29 is 19.0 Å². The molecule has 0 saturated heterocycles. The Morgan fingerprint density at radius 2 is 1.57 bits per heavy atom. The van der Waals surface area contributed by atoms with E-state index < -0.39 is 0 Å². The molecule has 0 rings (SSSR count). The average Bonchev–Trinajstić information content (AvgIpc) is 2.49. The molecule has 0 aliphatic carbocycles. The Morgan fingerprint density at radius 3 is 2.19 bits per heavy atom. The first-order valence-electron chi connectivity index (χ1n) is 8.19. The minimum Gasteiger partial charge on any atom is -0.469 e. The highest BCUT2D eigenvalue weighted by Crippen LogP contribution is 2.09. The zero-order valence-electron chi connectivity index (χ0n) is 13.9. The number of hydrogen-bond donors (Lipinski definition) is 0. The molecule has 0 bridgehead atoms. The summed E-state index contributed by atoms with van der Waals surface area (Å²) in [7, 11) is 1.44. The second-order valence-electron chi connectivity index (χ2n) is 4.93. The van der Waals surface area contributed by atoms with Gasteiger partial charge in [0.05, 0.1) is 7.11 Å². The van der Waals surface area contributed by atoms with Crippen LogP contribution in [0, 0.1) is 0 Å². The van der Waals surface area contributed by atoms with Crippen molar-refractivity contribution >= 4 is 5.97 Å². The van der Waals surface area contributed by atoms with Gasteiger partial charge in [-0.2, -0.15) is 0 Å². The predicted octanol–water partition coefficient (Wildman–Crippen LogP) is 4.24. The Morgan fingerprint density at radius 1 is 0.952 bits per heavy atom. The van der Waals surface area contributed by atoms with Gasteiger partial charge in [-0.1, -0.05) is 31.4 Å². The van der Waals surface area contributed by atoms with Gasteiger partial charge in [-0.15, -0.1) is 0 Å². The average molecular weight is 300 g/mol. The van der Waals surface area contributed by atoms with Crippen LogP contribution in [0.4, 0.5) is 0 Å². The van der Waals surface area contributed by atoms with E-state index in [2.05, 4.69) is 16.9 Å². The fourth-order valence-electron chi connectivity index (χ4n) is 2.05. The van der Waals surface area contributed by atoms with Crippen molar-refractivity contribution in [1.82, 2.24) is 0 Å². The molecule has 0 heterocycles. The highest BCUT2D eigenvalue weighted by atomic mass is 16.7. The summed E-state index contributed by atoms with van der Waals surface area (Å²) in [6, 6.07) is 0. The van der Waals surface area contributed by atoms with Crippen LogP contribution in [-0.4, -0.2) is 32.6 Å². The van der Waals surface area contributed by atoms with Gasteiger partial charge in [-0.3, -0.25) is 4.79 Å². The van der Waals surface area contributed by atoms with Crippen LogP contribution in [0.15, 0.2) is 12.2 Å². The molecule has 0 amide bonds. The zero-order chi connectivity index (χ0) is 15.8. The standard InChI is InChI=1S/C17H32O4/c1-4-20-17(21-5-2)15-13-11-9-7-6-8-10-12-14-16(18)19-3/h11,13,17H,4-10,12,14-15H2,1-3H3. The van der Waals surface area contributed by atoms with Crippen LogP contribution < -0.4 is 0 Å². The summed E-state index contributed by atoms with van der Waals surface area (Å²) >= 11 is 0. The van der Waals surface area contributed by atoms with Crippen LogP contribution in [-0.2, 0) is 19.0 Å². The van der Waals surface area contributed by atoms with Crippen molar-refractivity contribution in [2.24, 2.45) is 0 Å². The first-order valence-corrected chi connectivity index (χ1v) is 8.19. The lowest BCUT2D eigenvalue weighted by atomic mass is 10.1. The van der Waals surface area contributed by atoms with Crippen molar-refractivity contribution in [3.63, 3.8) is 0 Å². The van der Waals surface area contributed by atoms with Crippen molar-refractivity contribution in [3.8, 4) is 0 Å². The number of carbonyl (C=O) groups excluding carboxylic acids is 1. The molecular weight excluding hydrogens is 268 g/mol. The molecule has 0 saturated carbocycles. The number of methoxy groups -OCH3 is 1. The number of unbranched alkanes of at least 4 members (excludes halogenated alkanes) is 5. The van der Waals surface area contributed by atoms with Gasteiger partial charge in [0.2, 0.25) is 0 Å². The largest absolute Gasteiger partial charge is 0.469 e. The molecular formula is C17H32O4. The van der Waals surface area contributed by atoms with E-state index in [0.29, 0.717) is 19.6 Å². The van der Waals surface area contributed by atoms with Gasteiger partial charge in [0.25, 0.3) is 0 Å². The van der Waals surface area contributed by atoms with E-state index in [4.69, 9.17) is 9.47 Å². The van der Waals surface area contributed by atoms with E-state index in [1.807, 2.05) is 13.8 Å². The van der Waals surface area contributed by atoms with Crippen molar-refractivity contribution in [3.05, 3.63) is 12.2 Å². The van der Waals surface area contributed by atoms with Gasteiger partial charge in [0.15, 0.2) is 6.29 Å². The molecule has 0 aliphatic heterocycles. The maximum absolute atomic E-state index is 10.9.